The lowest BCUT2D eigenvalue weighted by Gasteiger charge is -2.21. The Morgan fingerprint density at radius 1 is 1.32 bits per heavy atom. The third kappa shape index (κ3) is 5.04. The Morgan fingerprint density at radius 2 is 1.95 bits per heavy atom. The van der Waals surface area contributed by atoms with Crippen LogP contribution >= 0.6 is 11.6 Å². The van der Waals surface area contributed by atoms with Crippen LogP contribution in [0.15, 0.2) is 24.3 Å². The molecule has 1 N–H and O–H groups in total. The zero-order valence-electron chi connectivity index (χ0n) is 12.8. The highest BCUT2D eigenvalue weighted by Crippen LogP contribution is 2.14. The summed E-state index contributed by atoms with van der Waals surface area (Å²) in [6.07, 6.45) is 0. The van der Waals surface area contributed by atoms with Gasteiger partial charge in [-0.3, -0.25) is 14.4 Å². The average molecular weight is 327 g/mol. The van der Waals surface area contributed by atoms with Gasteiger partial charge in [-0.05, 0) is 26.0 Å². The maximum Gasteiger partial charge on any atom is 0.325 e. The van der Waals surface area contributed by atoms with Gasteiger partial charge in [-0.15, -0.1) is 0 Å². The summed E-state index contributed by atoms with van der Waals surface area (Å²) < 4.78 is 4.77. The molecule has 120 valence electrons. The Balaban J connectivity index is 2.62. The van der Waals surface area contributed by atoms with E-state index in [4.69, 9.17) is 16.3 Å². The maximum absolute atomic E-state index is 12.1. The molecule has 7 heteroatoms. The normalized spacial score (nSPS) is 11.5. The third-order valence-corrected chi connectivity index (χ3v) is 3.21. The highest BCUT2D eigenvalue weighted by molar-refractivity contribution is 6.33. The van der Waals surface area contributed by atoms with Gasteiger partial charge >= 0.3 is 5.97 Å². The molecule has 1 atom stereocenters. The molecule has 0 saturated carbocycles. The summed E-state index contributed by atoms with van der Waals surface area (Å²) in [4.78, 5) is 36.7. The monoisotopic (exact) mass is 326 g/mol. The zero-order valence-corrected chi connectivity index (χ0v) is 13.5. The molecule has 1 unspecified atom stereocenters. The summed E-state index contributed by atoms with van der Waals surface area (Å²) in [7, 11) is 1.47. The van der Waals surface area contributed by atoms with E-state index < -0.39 is 23.8 Å². The first kappa shape index (κ1) is 18.0. The summed E-state index contributed by atoms with van der Waals surface area (Å²) in [5.74, 6) is -1.34. The van der Waals surface area contributed by atoms with E-state index in [1.54, 1.807) is 38.1 Å². The molecule has 0 heterocycles. The van der Waals surface area contributed by atoms with E-state index in [9.17, 15) is 14.4 Å². The molecular weight excluding hydrogens is 308 g/mol. The zero-order chi connectivity index (χ0) is 16.7. The van der Waals surface area contributed by atoms with Crippen LogP contribution in [0.25, 0.3) is 0 Å². The van der Waals surface area contributed by atoms with Crippen LogP contribution in [0.5, 0.6) is 0 Å². The molecule has 0 spiro atoms. The van der Waals surface area contributed by atoms with Gasteiger partial charge in [0.15, 0.2) is 0 Å². The number of carbonyl (C=O) groups excluding carboxylic acids is 3. The minimum Gasteiger partial charge on any atom is -0.465 e. The van der Waals surface area contributed by atoms with Crippen LogP contribution in [0.4, 0.5) is 0 Å². The van der Waals surface area contributed by atoms with Gasteiger partial charge in [-0.2, -0.15) is 0 Å². The van der Waals surface area contributed by atoms with E-state index in [0.717, 1.165) is 0 Å². The standard InChI is InChI=1S/C15H19ClN2O4/c1-4-22-13(19)9-18(3)15(21)10(2)17-14(20)11-7-5-6-8-12(11)16/h5-8,10H,4,9H2,1-3H3,(H,17,20). The van der Waals surface area contributed by atoms with Crippen LogP contribution in [-0.4, -0.2) is 48.9 Å². The molecular formula is C15H19ClN2O4. The van der Waals surface area contributed by atoms with Gasteiger partial charge in [0, 0.05) is 7.05 Å². The van der Waals surface area contributed by atoms with Crippen molar-refractivity contribution in [2.45, 2.75) is 19.9 Å². The lowest BCUT2D eigenvalue weighted by molar-refractivity contribution is -0.148. The molecule has 2 amide bonds. The van der Waals surface area contributed by atoms with E-state index in [2.05, 4.69) is 5.32 Å². The minimum absolute atomic E-state index is 0.168. The molecule has 22 heavy (non-hydrogen) atoms. The van der Waals surface area contributed by atoms with Gasteiger partial charge in [0.1, 0.15) is 12.6 Å². The number of amides is 2. The van der Waals surface area contributed by atoms with Crippen molar-refractivity contribution in [2.24, 2.45) is 0 Å². The molecule has 0 aliphatic carbocycles. The van der Waals surface area contributed by atoms with Crippen LogP contribution in [0.2, 0.25) is 5.02 Å². The van der Waals surface area contributed by atoms with Crippen molar-refractivity contribution in [1.82, 2.24) is 10.2 Å². The summed E-state index contributed by atoms with van der Waals surface area (Å²) in [5.41, 5.74) is 0.289. The summed E-state index contributed by atoms with van der Waals surface area (Å²) >= 11 is 5.93. The molecule has 0 radical (unpaired) electrons. The number of hydrogen-bond donors (Lipinski definition) is 1. The number of likely N-dealkylation sites (N-methyl/N-ethyl adjacent to an activating group) is 1. The Bertz CT molecular complexity index is 562. The van der Waals surface area contributed by atoms with Crippen LogP contribution in [0.3, 0.4) is 0 Å². The Kier molecular flexibility index (Phi) is 6.85. The molecule has 0 fully saturated rings. The third-order valence-electron chi connectivity index (χ3n) is 2.88. The first-order valence-electron chi connectivity index (χ1n) is 6.82. The molecule has 1 rings (SSSR count). The Labute approximate surface area is 134 Å². The van der Waals surface area contributed by atoms with Gasteiger partial charge in [0.05, 0.1) is 17.2 Å². The maximum atomic E-state index is 12.1. The Morgan fingerprint density at radius 3 is 2.55 bits per heavy atom. The van der Waals surface area contributed by atoms with Crippen molar-refractivity contribution in [2.75, 3.05) is 20.2 Å². The quantitative estimate of drug-likeness (QED) is 0.803. The van der Waals surface area contributed by atoms with Gasteiger partial charge in [-0.25, -0.2) is 0 Å². The predicted molar refractivity (Wildman–Crippen MR) is 82.7 cm³/mol. The van der Waals surface area contributed by atoms with E-state index in [0.29, 0.717) is 5.02 Å². The summed E-state index contributed by atoms with van der Waals surface area (Å²) in [6.45, 7) is 3.31. The second-order valence-electron chi connectivity index (χ2n) is 4.67. The second kappa shape index (κ2) is 8.38. The topological polar surface area (TPSA) is 75.7 Å². The smallest absolute Gasteiger partial charge is 0.325 e. The predicted octanol–water partition coefficient (Wildman–Crippen LogP) is 1.48. The van der Waals surface area contributed by atoms with Crippen LogP contribution in [-0.2, 0) is 14.3 Å². The molecule has 0 aliphatic rings. The van der Waals surface area contributed by atoms with Gasteiger partial charge in [0.25, 0.3) is 5.91 Å². The first-order chi connectivity index (χ1) is 10.4. The van der Waals surface area contributed by atoms with Gasteiger partial charge in [0.2, 0.25) is 5.91 Å². The number of benzene rings is 1. The highest BCUT2D eigenvalue weighted by atomic mass is 35.5. The van der Waals surface area contributed by atoms with E-state index in [1.165, 1.54) is 11.9 Å². The van der Waals surface area contributed by atoms with E-state index in [1.807, 2.05) is 0 Å². The summed E-state index contributed by atoms with van der Waals surface area (Å²) in [6, 6.07) is 5.76. The lowest BCUT2D eigenvalue weighted by atomic mass is 10.2. The van der Waals surface area contributed by atoms with Crippen molar-refractivity contribution >= 4 is 29.4 Å². The number of carbonyl (C=O) groups is 3. The lowest BCUT2D eigenvalue weighted by Crippen LogP contribution is -2.47. The number of rotatable bonds is 6. The molecule has 0 bridgehead atoms. The van der Waals surface area contributed by atoms with Crippen molar-refractivity contribution < 1.29 is 19.1 Å². The van der Waals surface area contributed by atoms with Crippen LogP contribution < -0.4 is 5.32 Å². The van der Waals surface area contributed by atoms with Gasteiger partial charge < -0.3 is 15.0 Å². The molecule has 0 aromatic heterocycles. The van der Waals surface area contributed by atoms with Gasteiger partial charge in [-0.1, -0.05) is 23.7 Å². The number of nitrogens with zero attached hydrogens (tertiary/aromatic N) is 1. The number of halogens is 1. The van der Waals surface area contributed by atoms with E-state index in [-0.39, 0.29) is 18.7 Å². The summed E-state index contributed by atoms with van der Waals surface area (Å²) in [5, 5.41) is 2.86. The fraction of sp³-hybridized carbons (Fsp3) is 0.400. The van der Waals surface area contributed by atoms with Crippen molar-refractivity contribution in [3.8, 4) is 0 Å². The molecule has 1 aromatic rings. The van der Waals surface area contributed by atoms with Crippen molar-refractivity contribution in [3.05, 3.63) is 34.9 Å². The molecule has 0 saturated heterocycles. The largest absolute Gasteiger partial charge is 0.465 e. The highest BCUT2D eigenvalue weighted by Gasteiger charge is 2.22. The van der Waals surface area contributed by atoms with E-state index >= 15 is 0 Å². The minimum atomic E-state index is -0.789. The number of ether oxygens (including phenoxy) is 1. The number of hydrogen-bond acceptors (Lipinski definition) is 4. The molecule has 6 nitrogen and oxygen atoms in total. The first-order valence-corrected chi connectivity index (χ1v) is 7.20. The van der Waals surface area contributed by atoms with Crippen molar-refractivity contribution in [1.29, 1.82) is 0 Å². The fourth-order valence-electron chi connectivity index (χ4n) is 1.79. The second-order valence-corrected chi connectivity index (χ2v) is 5.08. The van der Waals surface area contributed by atoms with Crippen molar-refractivity contribution in [3.63, 3.8) is 0 Å². The van der Waals surface area contributed by atoms with Crippen LogP contribution in [0, 0.1) is 0 Å². The SMILES string of the molecule is CCOC(=O)CN(C)C(=O)C(C)NC(=O)c1ccccc1Cl. The van der Waals surface area contributed by atoms with Crippen LogP contribution in [0.1, 0.15) is 24.2 Å². The number of esters is 1. The molecule has 1 aromatic carbocycles. The molecule has 0 aliphatic heterocycles. The average Bonchev–Trinajstić information content (AvgIpc) is 2.46. The number of nitrogens with one attached hydrogen (secondary N) is 1. The Hall–Kier alpha value is -2.08. The fourth-order valence-corrected chi connectivity index (χ4v) is 2.01.